The van der Waals surface area contributed by atoms with Crippen molar-refractivity contribution in [1.29, 1.82) is 0 Å². The highest BCUT2D eigenvalue weighted by Gasteiger charge is 2.23. The smallest absolute Gasteiger partial charge is 0.217 e. The first-order chi connectivity index (χ1) is 15.1. The van der Waals surface area contributed by atoms with E-state index in [9.17, 15) is 4.79 Å². The van der Waals surface area contributed by atoms with Crippen LogP contribution in [0.1, 0.15) is 30.4 Å². The van der Waals surface area contributed by atoms with Gasteiger partial charge in [0, 0.05) is 33.1 Å². The number of methoxy groups -OCH3 is 1. The summed E-state index contributed by atoms with van der Waals surface area (Å²) in [6.07, 6.45) is 2.48. The molecular formula is C24H33IN4O3. The number of guanidine groups is 1. The van der Waals surface area contributed by atoms with E-state index in [4.69, 9.17) is 15.2 Å². The van der Waals surface area contributed by atoms with Crippen LogP contribution < -0.4 is 20.5 Å². The zero-order chi connectivity index (χ0) is 22.1. The van der Waals surface area contributed by atoms with Crippen LogP contribution in [0.3, 0.4) is 0 Å². The fourth-order valence-electron chi connectivity index (χ4n) is 3.90. The van der Waals surface area contributed by atoms with Gasteiger partial charge in [0.1, 0.15) is 6.61 Å². The van der Waals surface area contributed by atoms with Crippen LogP contribution in [0.4, 0.5) is 0 Å². The van der Waals surface area contributed by atoms with Gasteiger partial charge in [0.05, 0.1) is 7.11 Å². The van der Waals surface area contributed by atoms with Crippen LogP contribution in [0.15, 0.2) is 53.5 Å². The number of hydrogen-bond acceptors (Lipinski definition) is 4. The highest BCUT2D eigenvalue weighted by molar-refractivity contribution is 14.0. The van der Waals surface area contributed by atoms with Crippen molar-refractivity contribution in [2.45, 2.75) is 32.4 Å². The quantitative estimate of drug-likeness (QED) is 0.297. The Labute approximate surface area is 207 Å². The molecule has 174 valence electrons. The van der Waals surface area contributed by atoms with Crippen molar-refractivity contribution >= 4 is 35.8 Å². The summed E-state index contributed by atoms with van der Waals surface area (Å²) in [5, 5.41) is 3.42. The third-order valence-corrected chi connectivity index (χ3v) is 5.44. The number of amides is 1. The lowest BCUT2D eigenvalue weighted by molar-refractivity contribution is -0.119. The average molecular weight is 552 g/mol. The largest absolute Gasteiger partial charge is 0.493 e. The highest BCUT2D eigenvalue weighted by atomic mass is 127. The van der Waals surface area contributed by atoms with E-state index in [1.54, 1.807) is 14.2 Å². The number of hydrogen-bond donors (Lipinski definition) is 2. The van der Waals surface area contributed by atoms with Crippen molar-refractivity contribution < 1.29 is 14.3 Å². The van der Waals surface area contributed by atoms with E-state index in [1.807, 2.05) is 48.5 Å². The van der Waals surface area contributed by atoms with Gasteiger partial charge in [0.25, 0.3) is 0 Å². The van der Waals surface area contributed by atoms with Gasteiger partial charge in [-0.1, -0.05) is 36.4 Å². The maximum atomic E-state index is 11.3. The minimum Gasteiger partial charge on any atom is -0.493 e. The fourth-order valence-corrected chi connectivity index (χ4v) is 3.90. The molecule has 8 heteroatoms. The van der Waals surface area contributed by atoms with E-state index in [2.05, 4.69) is 15.2 Å². The number of rotatable bonds is 8. The number of likely N-dealkylation sites (tertiary alicyclic amines) is 1. The highest BCUT2D eigenvalue weighted by Crippen LogP contribution is 2.29. The fraction of sp³-hybridized carbons (Fsp3) is 0.417. The summed E-state index contributed by atoms with van der Waals surface area (Å²) in [6, 6.07) is 16.0. The van der Waals surface area contributed by atoms with Gasteiger partial charge in [-0.05, 0) is 42.0 Å². The Hall–Kier alpha value is -2.49. The van der Waals surface area contributed by atoms with Crippen LogP contribution in [-0.4, -0.2) is 44.0 Å². The van der Waals surface area contributed by atoms with Crippen LogP contribution in [0.5, 0.6) is 11.5 Å². The van der Waals surface area contributed by atoms with Gasteiger partial charge >= 0.3 is 0 Å². The Balaban J connectivity index is 0.00000363. The van der Waals surface area contributed by atoms with Crippen molar-refractivity contribution in [3.05, 3.63) is 59.7 Å². The van der Waals surface area contributed by atoms with Crippen LogP contribution in [0, 0.1) is 5.92 Å². The number of piperidine rings is 1. The zero-order valence-electron chi connectivity index (χ0n) is 18.8. The molecule has 0 aliphatic carbocycles. The summed E-state index contributed by atoms with van der Waals surface area (Å²) >= 11 is 0. The number of carbonyl (C=O) groups is 1. The normalized spacial score (nSPS) is 16.1. The first-order valence-electron chi connectivity index (χ1n) is 10.7. The molecule has 1 heterocycles. The molecule has 0 aromatic heterocycles. The molecule has 1 fully saturated rings. The standard InChI is InChI=1S/C24H32N4O3.HI/c1-26-24(28-12-6-9-20(16-28)14-23(25)29)27-15-19-10-11-21(22(13-19)30-2)31-17-18-7-4-3-5-8-18;/h3-5,7-8,10-11,13,20H,6,9,12,14-17H2,1-2H3,(H2,25,29)(H,26,27);1H. The lowest BCUT2D eigenvalue weighted by Gasteiger charge is -2.34. The van der Waals surface area contributed by atoms with Crippen molar-refractivity contribution in [3.63, 3.8) is 0 Å². The molecule has 0 spiro atoms. The second-order valence-corrected chi connectivity index (χ2v) is 7.78. The van der Waals surface area contributed by atoms with Crippen molar-refractivity contribution in [2.75, 3.05) is 27.2 Å². The number of benzene rings is 2. The van der Waals surface area contributed by atoms with E-state index in [-0.39, 0.29) is 35.8 Å². The summed E-state index contributed by atoms with van der Waals surface area (Å²) in [4.78, 5) is 17.9. The van der Waals surface area contributed by atoms with Crippen molar-refractivity contribution in [2.24, 2.45) is 16.6 Å². The molecule has 3 N–H and O–H groups in total. The summed E-state index contributed by atoms with van der Waals surface area (Å²) in [5.74, 6) is 2.29. The average Bonchev–Trinajstić information content (AvgIpc) is 2.79. The predicted molar refractivity (Wildman–Crippen MR) is 137 cm³/mol. The third-order valence-electron chi connectivity index (χ3n) is 5.44. The van der Waals surface area contributed by atoms with E-state index in [0.29, 0.717) is 31.1 Å². The van der Waals surface area contributed by atoms with E-state index in [1.165, 1.54) is 0 Å². The van der Waals surface area contributed by atoms with E-state index in [0.717, 1.165) is 43.0 Å². The molecule has 1 aliphatic heterocycles. The molecule has 32 heavy (non-hydrogen) atoms. The minimum absolute atomic E-state index is 0. The first-order valence-corrected chi connectivity index (χ1v) is 10.7. The molecule has 1 unspecified atom stereocenters. The van der Waals surface area contributed by atoms with Crippen LogP contribution >= 0.6 is 24.0 Å². The summed E-state index contributed by atoms with van der Waals surface area (Å²) in [7, 11) is 3.43. The number of primary amides is 1. The Morgan fingerprint density at radius 1 is 1.19 bits per heavy atom. The molecule has 3 rings (SSSR count). The number of carbonyl (C=O) groups excluding carboxylic acids is 1. The van der Waals surface area contributed by atoms with Crippen LogP contribution in [0.25, 0.3) is 0 Å². The van der Waals surface area contributed by atoms with E-state index < -0.39 is 0 Å². The molecule has 2 aromatic carbocycles. The van der Waals surface area contributed by atoms with E-state index >= 15 is 0 Å². The minimum atomic E-state index is -0.239. The Morgan fingerprint density at radius 2 is 1.97 bits per heavy atom. The van der Waals surface area contributed by atoms with Gasteiger partial charge in [0.15, 0.2) is 17.5 Å². The summed E-state index contributed by atoms with van der Waals surface area (Å²) in [5.41, 5.74) is 7.55. The Bertz CT molecular complexity index is 892. The van der Waals surface area contributed by atoms with Crippen LogP contribution in [0.2, 0.25) is 0 Å². The molecule has 0 saturated carbocycles. The van der Waals surface area contributed by atoms with Gasteiger partial charge in [0.2, 0.25) is 5.91 Å². The number of nitrogens with zero attached hydrogens (tertiary/aromatic N) is 2. The Kier molecular flexibility index (Phi) is 10.6. The lowest BCUT2D eigenvalue weighted by Crippen LogP contribution is -2.46. The maximum absolute atomic E-state index is 11.3. The molecule has 7 nitrogen and oxygen atoms in total. The monoisotopic (exact) mass is 552 g/mol. The van der Waals surface area contributed by atoms with Gasteiger partial charge in [-0.3, -0.25) is 9.79 Å². The molecule has 0 radical (unpaired) electrons. The molecule has 1 atom stereocenters. The molecule has 2 aromatic rings. The van der Waals surface area contributed by atoms with Gasteiger partial charge < -0.3 is 25.4 Å². The van der Waals surface area contributed by atoms with Crippen molar-refractivity contribution in [1.82, 2.24) is 10.2 Å². The maximum Gasteiger partial charge on any atom is 0.217 e. The zero-order valence-corrected chi connectivity index (χ0v) is 21.1. The molecule has 1 aliphatic rings. The second-order valence-electron chi connectivity index (χ2n) is 7.78. The Morgan fingerprint density at radius 3 is 2.66 bits per heavy atom. The molecule has 1 amide bonds. The summed E-state index contributed by atoms with van der Waals surface area (Å²) < 4.78 is 11.5. The van der Waals surface area contributed by atoms with Gasteiger partial charge in [-0.2, -0.15) is 0 Å². The second kappa shape index (κ2) is 13.1. The number of ether oxygens (including phenoxy) is 2. The summed E-state index contributed by atoms with van der Waals surface area (Å²) in [6.45, 7) is 2.81. The predicted octanol–water partition coefficient (Wildman–Crippen LogP) is 3.56. The number of nitrogens with one attached hydrogen (secondary N) is 1. The molecule has 0 bridgehead atoms. The topological polar surface area (TPSA) is 89.2 Å². The SMILES string of the molecule is CN=C(NCc1ccc(OCc2ccccc2)c(OC)c1)N1CCCC(CC(N)=O)C1.I. The van der Waals surface area contributed by atoms with Gasteiger partial charge in [-0.25, -0.2) is 0 Å². The van der Waals surface area contributed by atoms with Crippen LogP contribution in [-0.2, 0) is 17.9 Å². The first kappa shape index (κ1) is 25.8. The molecular weight excluding hydrogens is 519 g/mol. The number of nitrogens with two attached hydrogens (primary N) is 1. The number of aliphatic imine (C=N–C) groups is 1. The van der Waals surface area contributed by atoms with Gasteiger partial charge in [-0.15, -0.1) is 24.0 Å². The lowest BCUT2D eigenvalue weighted by atomic mass is 9.95. The third kappa shape index (κ3) is 7.58. The molecule has 1 saturated heterocycles. The van der Waals surface area contributed by atoms with Crippen molar-refractivity contribution in [3.8, 4) is 11.5 Å². The number of halogens is 1.